The molecule has 4 aromatic rings. The Labute approximate surface area is 187 Å². The molecule has 0 atom stereocenters. The predicted octanol–water partition coefficient (Wildman–Crippen LogP) is 3.91. The molecule has 32 heavy (non-hydrogen) atoms. The number of carbonyl (C=O) groups is 1. The Bertz CT molecular complexity index is 1200. The van der Waals surface area contributed by atoms with Gasteiger partial charge < -0.3 is 10.2 Å². The third-order valence-corrected chi connectivity index (χ3v) is 5.01. The van der Waals surface area contributed by atoms with Gasteiger partial charge in [-0.15, -0.1) is 0 Å². The van der Waals surface area contributed by atoms with Crippen LogP contribution in [0.1, 0.15) is 21.7 Å². The zero-order chi connectivity index (χ0) is 22.5. The maximum atomic E-state index is 12.5. The standard InChI is InChI=1S/C25H24N6O/c1-17-12-19(10-11-26-17)22-7-4-18(13-27-22)14-30-25(32)23-8-5-20(15-28-23)21-6-9-24(29-16-21)31(2)3/h4-13,15-16H,14H2,1-3H3,(H,30,32). The van der Waals surface area contributed by atoms with E-state index in [0.717, 1.165) is 39.5 Å². The van der Waals surface area contributed by atoms with E-state index in [2.05, 4.69) is 25.3 Å². The van der Waals surface area contributed by atoms with Crippen LogP contribution in [0.3, 0.4) is 0 Å². The number of rotatable bonds is 6. The predicted molar refractivity (Wildman–Crippen MR) is 125 cm³/mol. The zero-order valence-corrected chi connectivity index (χ0v) is 18.3. The Hall–Kier alpha value is -4.13. The fraction of sp³-hybridized carbons (Fsp3) is 0.160. The molecule has 0 aliphatic rings. The van der Waals surface area contributed by atoms with Crippen molar-refractivity contribution in [1.82, 2.24) is 25.3 Å². The lowest BCUT2D eigenvalue weighted by Gasteiger charge is -2.11. The summed E-state index contributed by atoms with van der Waals surface area (Å²) >= 11 is 0. The quantitative estimate of drug-likeness (QED) is 0.505. The molecule has 4 aromatic heterocycles. The first-order chi connectivity index (χ1) is 15.5. The van der Waals surface area contributed by atoms with Gasteiger partial charge in [-0.3, -0.25) is 19.7 Å². The number of anilines is 1. The van der Waals surface area contributed by atoms with Crippen LogP contribution in [-0.4, -0.2) is 39.9 Å². The van der Waals surface area contributed by atoms with Crippen LogP contribution in [0.5, 0.6) is 0 Å². The third kappa shape index (κ3) is 4.95. The van der Waals surface area contributed by atoms with Crippen molar-refractivity contribution >= 4 is 11.7 Å². The molecular weight excluding hydrogens is 400 g/mol. The topological polar surface area (TPSA) is 83.9 Å². The highest BCUT2D eigenvalue weighted by molar-refractivity contribution is 5.92. The molecule has 1 N–H and O–H groups in total. The minimum absolute atomic E-state index is 0.230. The molecule has 0 bridgehead atoms. The van der Waals surface area contributed by atoms with E-state index in [1.54, 1.807) is 30.9 Å². The molecule has 0 unspecified atom stereocenters. The van der Waals surface area contributed by atoms with Gasteiger partial charge in [0, 0.05) is 67.8 Å². The van der Waals surface area contributed by atoms with E-state index < -0.39 is 0 Å². The third-order valence-electron chi connectivity index (χ3n) is 5.01. The van der Waals surface area contributed by atoms with Crippen LogP contribution in [0.25, 0.3) is 22.4 Å². The smallest absolute Gasteiger partial charge is 0.270 e. The lowest BCUT2D eigenvalue weighted by Crippen LogP contribution is -2.23. The van der Waals surface area contributed by atoms with E-state index in [0.29, 0.717) is 12.2 Å². The molecule has 0 saturated heterocycles. The number of hydrogen-bond acceptors (Lipinski definition) is 6. The highest BCUT2D eigenvalue weighted by Gasteiger charge is 2.09. The SMILES string of the molecule is Cc1cc(-c2ccc(CNC(=O)c3ccc(-c4ccc(N(C)C)nc4)cn3)cn2)ccn1. The number of hydrogen-bond donors (Lipinski definition) is 1. The molecule has 0 radical (unpaired) electrons. The minimum Gasteiger partial charge on any atom is -0.363 e. The maximum Gasteiger partial charge on any atom is 0.270 e. The summed E-state index contributed by atoms with van der Waals surface area (Å²) < 4.78 is 0. The summed E-state index contributed by atoms with van der Waals surface area (Å²) in [6.07, 6.45) is 7.03. The Kier molecular flexibility index (Phi) is 6.17. The van der Waals surface area contributed by atoms with Crippen molar-refractivity contribution in [3.05, 3.63) is 90.3 Å². The van der Waals surface area contributed by atoms with Gasteiger partial charge in [-0.1, -0.05) is 12.1 Å². The first-order valence-corrected chi connectivity index (χ1v) is 10.3. The van der Waals surface area contributed by atoms with E-state index in [4.69, 9.17) is 0 Å². The summed E-state index contributed by atoms with van der Waals surface area (Å²) in [5, 5.41) is 2.89. The molecule has 7 heteroatoms. The Morgan fingerprint density at radius 1 is 0.844 bits per heavy atom. The molecule has 0 aliphatic carbocycles. The zero-order valence-electron chi connectivity index (χ0n) is 18.3. The number of carbonyl (C=O) groups excluding carboxylic acids is 1. The van der Waals surface area contributed by atoms with Crippen molar-refractivity contribution < 1.29 is 4.79 Å². The van der Waals surface area contributed by atoms with Crippen molar-refractivity contribution in [2.45, 2.75) is 13.5 Å². The van der Waals surface area contributed by atoms with Crippen LogP contribution >= 0.6 is 0 Å². The molecule has 4 rings (SSSR count). The van der Waals surface area contributed by atoms with Gasteiger partial charge in [0.1, 0.15) is 11.5 Å². The summed E-state index contributed by atoms with van der Waals surface area (Å²) in [5.41, 5.74) is 5.97. The van der Waals surface area contributed by atoms with E-state index in [-0.39, 0.29) is 5.91 Å². The molecule has 4 heterocycles. The molecule has 160 valence electrons. The minimum atomic E-state index is -0.230. The normalized spacial score (nSPS) is 10.6. The lowest BCUT2D eigenvalue weighted by molar-refractivity contribution is 0.0946. The number of aromatic nitrogens is 4. The number of aryl methyl sites for hydroxylation is 1. The van der Waals surface area contributed by atoms with Crippen molar-refractivity contribution in [3.63, 3.8) is 0 Å². The average Bonchev–Trinajstić information content (AvgIpc) is 2.83. The van der Waals surface area contributed by atoms with E-state index in [9.17, 15) is 4.79 Å². The molecule has 0 aliphatic heterocycles. The van der Waals surface area contributed by atoms with Gasteiger partial charge in [-0.05, 0) is 48.9 Å². The second kappa shape index (κ2) is 9.34. The first kappa shape index (κ1) is 21.1. The fourth-order valence-corrected chi connectivity index (χ4v) is 3.20. The van der Waals surface area contributed by atoms with Gasteiger partial charge in [0.05, 0.1) is 5.69 Å². The number of amides is 1. The summed E-state index contributed by atoms with van der Waals surface area (Å²) in [4.78, 5) is 31.9. The van der Waals surface area contributed by atoms with Gasteiger partial charge in [0.25, 0.3) is 5.91 Å². The first-order valence-electron chi connectivity index (χ1n) is 10.3. The summed E-state index contributed by atoms with van der Waals surface area (Å²) in [5.74, 6) is 0.655. The highest BCUT2D eigenvalue weighted by Crippen LogP contribution is 2.20. The van der Waals surface area contributed by atoms with Crippen LogP contribution in [0, 0.1) is 6.92 Å². The molecule has 0 spiro atoms. The van der Waals surface area contributed by atoms with Crippen LogP contribution < -0.4 is 10.2 Å². The van der Waals surface area contributed by atoms with Crippen LogP contribution in [0.2, 0.25) is 0 Å². The van der Waals surface area contributed by atoms with Gasteiger partial charge in [0.15, 0.2) is 0 Å². The second-order valence-electron chi connectivity index (χ2n) is 7.65. The van der Waals surface area contributed by atoms with Crippen molar-refractivity contribution in [2.75, 3.05) is 19.0 Å². The summed E-state index contributed by atoms with van der Waals surface area (Å²) in [6.45, 7) is 2.33. The fourth-order valence-electron chi connectivity index (χ4n) is 3.20. The number of pyridine rings is 4. The molecule has 0 aromatic carbocycles. The Morgan fingerprint density at radius 2 is 1.62 bits per heavy atom. The monoisotopic (exact) mass is 424 g/mol. The van der Waals surface area contributed by atoms with Crippen molar-refractivity contribution in [3.8, 4) is 22.4 Å². The summed E-state index contributed by atoms with van der Waals surface area (Å²) in [7, 11) is 3.90. The molecule has 0 fully saturated rings. The van der Waals surface area contributed by atoms with E-state index in [1.807, 2.05) is 68.4 Å². The maximum absolute atomic E-state index is 12.5. The van der Waals surface area contributed by atoms with E-state index >= 15 is 0 Å². The van der Waals surface area contributed by atoms with Gasteiger partial charge >= 0.3 is 0 Å². The molecular formula is C25H24N6O. The Morgan fingerprint density at radius 3 is 2.22 bits per heavy atom. The molecule has 1 amide bonds. The van der Waals surface area contributed by atoms with Crippen LogP contribution in [0.4, 0.5) is 5.82 Å². The van der Waals surface area contributed by atoms with Gasteiger partial charge in [0.2, 0.25) is 0 Å². The van der Waals surface area contributed by atoms with Crippen molar-refractivity contribution in [2.24, 2.45) is 0 Å². The number of nitrogens with zero attached hydrogens (tertiary/aromatic N) is 5. The highest BCUT2D eigenvalue weighted by atomic mass is 16.1. The number of nitrogens with one attached hydrogen (secondary N) is 1. The summed E-state index contributed by atoms with van der Waals surface area (Å²) in [6, 6.07) is 15.4. The van der Waals surface area contributed by atoms with Gasteiger partial charge in [-0.2, -0.15) is 0 Å². The molecule has 7 nitrogen and oxygen atoms in total. The van der Waals surface area contributed by atoms with E-state index in [1.165, 1.54) is 0 Å². The molecule has 0 saturated carbocycles. The Balaban J connectivity index is 1.37. The van der Waals surface area contributed by atoms with Gasteiger partial charge in [-0.25, -0.2) is 4.98 Å². The lowest BCUT2D eigenvalue weighted by atomic mass is 10.1. The van der Waals surface area contributed by atoms with Crippen LogP contribution in [-0.2, 0) is 6.54 Å². The van der Waals surface area contributed by atoms with Crippen molar-refractivity contribution in [1.29, 1.82) is 0 Å². The average molecular weight is 425 g/mol. The largest absolute Gasteiger partial charge is 0.363 e. The van der Waals surface area contributed by atoms with Crippen LogP contribution in [0.15, 0.2) is 73.3 Å². The second-order valence-corrected chi connectivity index (χ2v) is 7.65.